The lowest BCUT2D eigenvalue weighted by Crippen LogP contribution is -2.33. The van der Waals surface area contributed by atoms with Crippen molar-refractivity contribution in [3.63, 3.8) is 0 Å². The van der Waals surface area contributed by atoms with E-state index in [1.165, 1.54) is 4.31 Å². The third-order valence-electron chi connectivity index (χ3n) is 3.98. The number of carbonyl (C=O) groups excluding carboxylic acids is 1. The van der Waals surface area contributed by atoms with Gasteiger partial charge in [0.1, 0.15) is 0 Å². The highest BCUT2D eigenvalue weighted by Gasteiger charge is 2.19. The number of hydrogen-bond acceptors (Lipinski definition) is 3. The van der Waals surface area contributed by atoms with E-state index in [1.54, 1.807) is 18.2 Å². The minimum absolute atomic E-state index is 0.0782. The molecule has 25 heavy (non-hydrogen) atoms. The van der Waals surface area contributed by atoms with Crippen LogP contribution in [-0.4, -0.2) is 27.1 Å². The lowest BCUT2D eigenvalue weighted by atomic mass is 10.1. The number of anilines is 2. The van der Waals surface area contributed by atoms with Crippen LogP contribution in [0.3, 0.4) is 0 Å². The number of rotatable bonds is 6. The van der Waals surface area contributed by atoms with Crippen LogP contribution < -0.4 is 9.62 Å². The zero-order valence-corrected chi connectivity index (χ0v) is 15.9. The van der Waals surface area contributed by atoms with E-state index in [1.807, 2.05) is 45.0 Å². The quantitative estimate of drug-likeness (QED) is 0.858. The zero-order chi connectivity index (χ0) is 18.6. The molecule has 0 saturated carbocycles. The van der Waals surface area contributed by atoms with E-state index in [9.17, 15) is 13.2 Å². The number of nitrogens with zero attached hydrogens (tertiary/aromatic N) is 1. The first kappa shape index (κ1) is 19.0. The lowest BCUT2D eigenvalue weighted by molar-refractivity contribution is -0.116. The maximum Gasteiger partial charge on any atom is 0.232 e. The summed E-state index contributed by atoms with van der Waals surface area (Å²) < 4.78 is 25.5. The number of amides is 1. The first-order chi connectivity index (χ1) is 11.7. The molecule has 0 aliphatic carbocycles. The predicted molar refractivity (Wildman–Crippen MR) is 103 cm³/mol. The second kappa shape index (κ2) is 7.70. The van der Waals surface area contributed by atoms with Crippen LogP contribution in [0.15, 0.2) is 42.5 Å². The van der Waals surface area contributed by atoms with Gasteiger partial charge in [-0.1, -0.05) is 30.3 Å². The fourth-order valence-electron chi connectivity index (χ4n) is 2.69. The Balaban J connectivity index is 2.12. The van der Waals surface area contributed by atoms with Gasteiger partial charge in [-0.3, -0.25) is 9.10 Å². The van der Waals surface area contributed by atoms with E-state index < -0.39 is 10.0 Å². The molecule has 0 spiro atoms. The minimum atomic E-state index is -3.47. The monoisotopic (exact) mass is 360 g/mol. The molecule has 0 radical (unpaired) electrons. The summed E-state index contributed by atoms with van der Waals surface area (Å²) in [5.41, 5.74) is 4.28. The Morgan fingerprint density at radius 3 is 2.20 bits per heavy atom. The standard InChI is InChI=1S/C19H24N2O3S/c1-14-7-5-10-17(13-14)21(25(4,23)24)12-11-18(22)20-19-15(2)8-6-9-16(19)3/h5-10,13H,11-12H2,1-4H3,(H,20,22). The Morgan fingerprint density at radius 1 is 1.04 bits per heavy atom. The highest BCUT2D eigenvalue weighted by Crippen LogP contribution is 2.21. The summed E-state index contributed by atoms with van der Waals surface area (Å²) in [6, 6.07) is 13.0. The van der Waals surface area contributed by atoms with Gasteiger partial charge in [-0.2, -0.15) is 0 Å². The van der Waals surface area contributed by atoms with Crippen LogP contribution in [0.1, 0.15) is 23.1 Å². The molecule has 0 aliphatic heterocycles. The van der Waals surface area contributed by atoms with Crippen molar-refractivity contribution in [1.82, 2.24) is 0 Å². The molecule has 0 saturated heterocycles. The Morgan fingerprint density at radius 2 is 1.64 bits per heavy atom. The average molecular weight is 360 g/mol. The number of sulfonamides is 1. The SMILES string of the molecule is Cc1cccc(N(CCC(=O)Nc2c(C)cccc2C)S(C)(=O)=O)c1. The average Bonchev–Trinajstić information content (AvgIpc) is 2.50. The summed E-state index contributed by atoms with van der Waals surface area (Å²) >= 11 is 0. The number of nitrogens with one attached hydrogen (secondary N) is 1. The van der Waals surface area contributed by atoms with E-state index in [-0.39, 0.29) is 18.9 Å². The van der Waals surface area contributed by atoms with E-state index in [0.29, 0.717) is 5.69 Å². The molecule has 0 bridgehead atoms. The molecule has 6 heteroatoms. The molecule has 2 aromatic carbocycles. The summed E-state index contributed by atoms with van der Waals surface area (Å²) in [6.45, 7) is 5.85. The first-order valence-corrected chi connectivity index (χ1v) is 9.94. The van der Waals surface area contributed by atoms with E-state index >= 15 is 0 Å². The third kappa shape index (κ3) is 5.06. The lowest BCUT2D eigenvalue weighted by Gasteiger charge is -2.22. The van der Waals surface area contributed by atoms with Crippen molar-refractivity contribution in [3.05, 3.63) is 59.2 Å². The second-order valence-corrected chi connectivity index (χ2v) is 8.15. The molecule has 5 nitrogen and oxygen atoms in total. The summed E-state index contributed by atoms with van der Waals surface area (Å²) in [4.78, 5) is 12.3. The molecule has 0 fully saturated rings. The Kier molecular flexibility index (Phi) is 5.85. The molecule has 2 rings (SSSR count). The molecular formula is C19H24N2O3S. The van der Waals surface area contributed by atoms with E-state index in [4.69, 9.17) is 0 Å². The van der Waals surface area contributed by atoms with Crippen molar-refractivity contribution in [3.8, 4) is 0 Å². The van der Waals surface area contributed by atoms with Crippen molar-refractivity contribution in [1.29, 1.82) is 0 Å². The van der Waals surface area contributed by atoms with Crippen LogP contribution in [0, 0.1) is 20.8 Å². The zero-order valence-electron chi connectivity index (χ0n) is 15.0. The van der Waals surface area contributed by atoms with Gasteiger partial charge in [0.15, 0.2) is 0 Å². The van der Waals surface area contributed by atoms with Crippen LogP contribution in [0.5, 0.6) is 0 Å². The molecule has 0 heterocycles. The van der Waals surface area contributed by atoms with Gasteiger partial charge >= 0.3 is 0 Å². The van der Waals surface area contributed by atoms with Gasteiger partial charge in [0, 0.05) is 18.7 Å². The van der Waals surface area contributed by atoms with Crippen molar-refractivity contribution in [2.24, 2.45) is 0 Å². The number of carbonyl (C=O) groups is 1. The van der Waals surface area contributed by atoms with Gasteiger partial charge in [-0.15, -0.1) is 0 Å². The molecule has 134 valence electrons. The van der Waals surface area contributed by atoms with Crippen LogP contribution in [-0.2, 0) is 14.8 Å². The molecule has 2 aromatic rings. The molecule has 1 N–H and O–H groups in total. The maximum absolute atomic E-state index is 12.3. The van der Waals surface area contributed by atoms with Gasteiger partial charge in [0.2, 0.25) is 15.9 Å². The molecular weight excluding hydrogens is 336 g/mol. The van der Waals surface area contributed by atoms with Crippen molar-refractivity contribution in [2.75, 3.05) is 22.4 Å². The normalized spacial score (nSPS) is 11.2. The van der Waals surface area contributed by atoms with Crippen molar-refractivity contribution >= 4 is 27.3 Å². The summed E-state index contributed by atoms with van der Waals surface area (Å²) in [7, 11) is -3.47. The molecule has 1 amide bonds. The Bertz CT molecular complexity index is 856. The second-order valence-electron chi connectivity index (χ2n) is 6.24. The van der Waals surface area contributed by atoms with Crippen LogP contribution in [0.2, 0.25) is 0 Å². The number of para-hydroxylation sites is 1. The molecule has 0 aliphatic rings. The fraction of sp³-hybridized carbons (Fsp3) is 0.316. The van der Waals surface area contributed by atoms with Crippen LogP contribution in [0.4, 0.5) is 11.4 Å². The maximum atomic E-state index is 12.3. The first-order valence-electron chi connectivity index (χ1n) is 8.09. The van der Waals surface area contributed by atoms with E-state index in [0.717, 1.165) is 28.6 Å². The van der Waals surface area contributed by atoms with Crippen LogP contribution >= 0.6 is 0 Å². The van der Waals surface area contributed by atoms with E-state index in [2.05, 4.69) is 5.32 Å². The summed E-state index contributed by atoms with van der Waals surface area (Å²) in [6.07, 6.45) is 1.23. The predicted octanol–water partition coefficient (Wildman–Crippen LogP) is 3.41. The van der Waals surface area contributed by atoms with Crippen molar-refractivity contribution in [2.45, 2.75) is 27.2 Å². The highest BCUT2D eigenvalue weighted by molar-refractivity contribution is 7.92. The Labute approximate surface area is 149 Å². The summed E-state index contributed by atoms with van der Waals surface area (Å²) in [5, 5.41) is 2.89. The van der Waals surface area contributed by atoms with Gasteiger partial charge in [-0.25, -0.2) is 8.42 Å². The van der Waals surface area contributed by atoms with Gasteiger partial charge in [-0.05, 0) is 49.6 Å². The van der Waals surface area contributed by atoms with Gasteiger partial charge < -0.3 is 5.32 Å². The Hall–Kier alpha value is -2.34. The van der Waals surface area contributed by atoms with Crippen molar-refractivity contribution < 1.29 is 13.2 Å². The minimum Gasteiger partial charge on any atom is -0.326 e. The number of benzene rings is 2. The summed E-state index contributed by atoms with van der Waals surface area (Å²) in [5.74, 6) is -0.210. The number of hydrogen-bond donors (Lipinski definition) is 1. The van der Waals surface area contributed by atoms with Gasteiger partial charge in [0.25, 0.3) is 0 Å². The molecule has 0 atom stereocenters. The fourth-order valence-corrected chi connectivity index (χ4v) is 3.61. The largest absolute Gasteiger partial charge is 0.326 e. The van der Waals surface area contributed by atoms with Gasteiger partial charge in [0.05, 0.1) is 11.9 Å². The highest BCUT2D eigenvalue weighted by atomic mass is 32.2. The van der Waals surface area contributed by atoms with Crippen LogP contribution in [0.25, 0.3) is 0 Å². The number of aryl methyl sites for hydroxylation is 3. The third-order valence-corrected chi connectivity index (χ3v) is 5.17. The molecule has 0 aromatic heterocycles. The smallest absolute Gasteiger partial charge is 0.232 e. The molecule has 0 unspecified atom stereocenters. The topological polar surface area (TPSA) is 66.5 Å².